The quantitative estimate of drug-likeness (QED) is 0.299. The molecule has 0 saturated heterocycles. The number of thioether (sulfide) groups is 1. The average molecular weight is 453 g/mol. The summed E-state index contributed by atoms with van der Waals surface area (Å²) in [7, 11) is 0. The van der Waals surface area contributed by atoms with Crippen molar-refractivity contribution in [2.24, 2.45) is 0 Å². The lowest BCUT2D eigenvalue weighted by molar-refractivity contribution is 0.269. The Kier molecular flexibility index (Phi) is 5.62. The molecule has 1 N–H and O–H groups in total. The van der Waals surface area contributed by atoms with Crippen LogP contribution >= 0.6 is 11.8 Å². The van der Waals surface area contributed by atoms with Crippen LogP contribution in [0, 0.1) is 13.8 Å². The van der Waals surface area contributed by atoms with E-state index in [1.165, 1.54) is 0 Å². The van der Waals surface area contributed by atoms with E-state index in [1.807, 2.05) is 92.7 Å². The van der Waals surface area contributed by atoms with E-state index in [-0.39, 0.29) is 16.4 Å². The van der Waals surface area contributed by atoms with Crippen LogP contribution in [0.2, 0.25) is 0 Å². The first-order valence-corrected chi connectivity index (χ1v) is 11.2. The topological polar surface area (TPSA) is 80.9 Å². The van der Waals surface area contributed by atoms with Crippen molar-refractivity contribution in [2.75, 3.05) is 5.32 Å². The third-order valence-electron chi connectivity index (χ3n) is 5.09. The number of oxazole rings is 1. The summed E-state index contributed by atoms with van der Waals surface area (Å²) in [6.45, 7) is 4.08. The van der Waals surface area contributed by atoms with E-state index in [1.54, 1.807) is 0 Å². The lowest BCUT2D eigenvalue weighted by atomic mass is 10.1. The van der Waals surface area contributed by atoms with E-state index in [9.17, 15) is 4.79 Å². The summed E-state index contributed by atoms with van der Waals surface area (Å²) in [4.78, 5) is 26.2. The van der Waals surface area contributed by atoms with Crippen molar-refractivity contribution in [3.63, 3.8) is 0 Å². The third-order valence-corrected chi connectivity index (χ3v) is 5.73. The Balaban J connectivity index is 1.46. The maximum atomic E-state index is 12.7. The van der Waals surface area contributed by atoms with Crippen LogP contribution in [-0.4, -0.2) is 20.2 Å². The highest BCUT2D eigenvalue weighted by Crippen LogP contribution is 2.28. The fourth-order valence-corrected chi connectivity index (χ4v) is 3.91. The molecule has 2 heterocycles. The highest BCUT2D eigenvalue weighted by Gasteiger charge is 2.15. The van der Waals surface area contributed by atoms with Gasteiger partial charge in [-0.05, 0) is 32.0 Å². The number of carbonyl (C=O) groups excluding carboxylic acids is 1. The van der Waals surface area contributed by atoms with Crippen molar-refractivity contribution < 1.29 is 9.21 Å². The van der Waals surface area contributed by atoms with E-state index in [4.69, 9.17) is 4.42 Å². The first kappa shape index (κ1) is 20.9. The smallest absolute Gasteiger partial charge is 0.295 e. The Morgan fingerprint density at radius 1 is 0.788 bits per heavy atom. The van der Waals surface area contributed by atoms with Gasteiger partial charge in [-0.3, -0.25) is 10.1 Å². The predicted octanol–water partition coefficient (Wildman–Crippen LogP) is 6.89. The van der Waals surface area contributed by atoms with Crippen molar-refractivity contribution in [3.8, 4) is 22.5 Å². The standard InChI is InChI=1S/C26H20N4O2S/c1-16-7-11-18(12-8-16)21-15-22(19-13-9-17(2)10-14-19)28-24(27-21)30-25(31)33-26-29-20-5-3-4-6-23(20)32-26/h3-15H,1-2H3,(H,27,28,30,31). The number of hydrogen-bond acceptors (Lipinski definition) is 6. The van der Waals surface area contributed by atoms with E-state index in [2.05, 4.69) is 20.3 Å². The van der Waals surface area contributed by atoms with Gasteiger partial charge in [0.05, 0.1) is 11.4 Å². The second kappa shape index (κ2) is 8.88. The third kappa shape index (κ3) is 4.78. The first-order valence-electron chi connectivity index (χ1n) is 10.4. The average Bonchev–Trinajstić information content (AvgIpc) is 3.22. The van der Waals surface area contributed by atoms with Gasteiger partial charge < -0.3 is 4.42 Å². The highest BCUT2D eigenvalue weighted by molar-refractivity contribution is 8.13. The normalized spacial score (nSPS) is 11.0. The van der Waals surface area contributed by atoms with Gasteiger partial charge in [0.15, 0.2) is 5.58 Å². The number of benzene rings is 3. The van der Waals surface area contributed by atoms with Gasteiger partial charge in [0.2, 0.25) is 5.95 Å². The number of nitrogens with one attached hydrogen (secondary N) is 1. The van der Waals surface area contributed by atoms with Gasteiger partial charge in [-0.2, -0.15) is 0 Å². The minimum absolute atomic E-state index is 0.220. The number of aromatic nitrogens is 3. The molecule has 0 radical (unpaired) electrons. The van der Waals surface area contributed by atoms with Gasteiger partial charge >= 0.3 is 0 Å². The van der Waals surface area contributed by atoms with Crippen LogP contribution < -0.4 is 5.32 Å². The fourth-order valence-electron chi connectivity index (χ4n) is 3.34. The number of anilines is 1. The lowest BCUT2D eigenvalue weighted by Crippen LogP contribution is -2.09. The molecule has 3 aromatic carbocycles. The number of rotatable bonds is 4. The minimum atomic E-state index is -0.377. The molecule has 0 aliphatic rings. The molecule has 1 amide bonds. The van der Waals surface area contributed by atoms with Crippen molar-refractivity contribution in [1.29, 1.82) is 0 Å². The number of aryl methyl sites for hydroxylation is 2. The predicted molar refractivity (Wildman–Crippen MR) is 131 cm³/mol. The number of para-hydroxylation sites is 2. The Morgan fingerprint density at radius 3 is 1.94 bits per heavy atom. The molecule has 33 heavy (non-hydrogen) atoms. The number of amides is 1. The molecule has 0 atom stereocenters. The molecule has 2 aromatic heterocycles. The summed E-state index contributed by atoms with van der Waals surface area (Å²) >= 11 is 0.864. The zero-order valence-corrected chi connectivity index (χ0v) is 18.9. The summed E-state index contributed by atoms with van der Waals surface area (Å²) < 4.78 is 5.64. The molecule has 0 aliphatic carbocycles. The number of nitrogens with zero attached hydrogens (tertiary/aromatic N) is 3. The number of hydrogen-bond donors (Lipinski definition) is 1. The molecule has 5 aromatic rings. The van der Waals surface area contributed by atoms with Crippen LogP contribution in [-0.2, 0) is 0 Å². The summed E-state index contributed by atoms with van der Waals surface area (Å²) in [5.41, 5.74) is 6.99. The van der Waals surface area contributed by atoms with Crippen LogP contribution in [0.25, 0.3) is 33.6 Å². The van der Waals surface area contributed by atoms with E-state index < -0.39 is 0 Å². The highest BCUT2D eigenvalue weighted by atomic mass is 32.2. The first-order chi connectivity index (χ1) is 16.0. The largest absolute Gasteiger partial charge is 0.431 e. The van der Waals surface area contributed by atoms with Gasteiger partial charge in [0.25, 0.3) is 10.5 Å². The summed E-state index contributed by atoms with van der Waals surface area (Å²) in [6.07, 6.45) is 0. The van der Waals surface area contributed by atoms with Crippen molar-refractivity contribution in [2.45, 2.75) is 19.1 Å². The van der Waals surface area contributed by atoms with Crippen LogP contribution in [0.15, 0.2) is 88.5 Å². The van der Waals surface area contributed by atoms with Crippen molar-refractivity contribution >= 4 is 34.0 Å². The molecule has 0 unspecified atom stereocenters. The summed E-state index contributed by atoms with van der Waals surface area (Å²) in [5.74, 6) is 0.220. The Bertz CT molecular complexity index is 1350. The van der Waals surface area contributed by atoms with Gasteiger partial charge in [-0.15, -0.1) is 0 Å². The fraction of sp³-hybridized carbons (Fsp3) is 0.0769. The molecule has 0 spiro atoms. The van der Waals surface area contributed by atoms with E-state index >= 15 is 0 Å². The molecule has 6 nitrogen and oxygen atoms in total. The molecule has 0 aliphatic heterocycles. The van der Waals surface area contributed by atoms with Gasteiger partial charge in [0, 0.05) is 22.9 Å². The van der Waals surface area contributed by atoms with Crippen molar-refractivity contribution in [1.82, 2.24) is 15.0 Å². The Labute approximate surface area is 195 Å². The maximum absolute atomic E-state index is 12.7. The second-order valence-electron chi connectivity index (χ2n) is 7.66. The SMILES string of the molecule is Cc1ccc(-c2cc(-c3ccc(C)cc3)nc(NC(=O)Sc3nc4ccccc4o3)n2)cc1. The van der Waals surface area contributed by atoms with E-state index in [0.717, 1.165) is 45.4 Å². The maximum Gasteiger partial charge on any atom is 0.295 e. The molecule has 7 heteroatoms. The zero-order chi connectivity index (χ0) is 22.8. The monoisotopic (exact) mass is 452 g/mol. The van der Waals surface area contributed by atoms with Crippen LogP contribution in [0.4, 0.5) is 10.7 Å². The summed E-state index contributed by atoms with van der Waals surface area (Å²) in [6, 6.07) is 25.5. The van der Waals surface area contributed by atoms with Gasteiger partial charge in [-0.1, -0.05) is 71.8 Å². The van der Waals surface area contributed by atoms with Crippen molar-refractivity contribution in [3.05, 3.63) is 90.0 Å². The van der Waals surface area contributed by atoms with E-state index in [0.29, 0.717) is 11.1 Å². The lowest BCUT2D eigenvalue weighted by Gasteiger charge is -2.10. The summed E-state index contributed by atoms with van der Waals surface area (Å²) in [5, 5.41) is 2.67. The Morgan fingerprint density at radius 2 is 1.36 bits per heavy atom. The minimum Gasteiger partial charge on any atom is -0.431 e. The molecule has 0 fully saturated rings. The molecule has 0 bridgehead atoms. The van der Waals surface area contributed by atoms with Gasteiger partial charge in [-0.25, -0.2) is 15.0 Å². The van der Waals surface area contributed by atoms with Crippen LogP contribution in [0.5, 0.6) is 0 Å². The molecular formula is C26H20N4O2S. The molecule has 5 rings (SSSR count). The zero-order valence-electron chi connectivity index (χ0n) is 18.1. The van der Waals surface area contributed by atoms with Gasteiger partial charge in [0.1, 0.15) is 5.52 Å². The second-order valence-corrected chi connectivity index (χ2v) is 8.58. The number of carbonyl (C=O) groups is 1. The van der Waals surface area contributed by atoms with Crippen LogP contribution in [0.1, 0.15) is 11.1 Å². The molecular weight excluding hydrogens is 432 g/mol. The Hall–Kier alpha value is -3.97. The number of fused-ring (bicyclic) bond motifs is 1. The van der Waals surface area contributed by atoms with Crippen LogP contribution in [0.3, 0.4) is 0 Å². The molecule has 162 valence electrons. The molecule has 0 saturated carbocycles.